The van der Waals surface area contributed by atoms with Crippen molar-refractivity contribution in [3.8, 4) is 0 Å². The third-order valence-corrected chi connectivity index (χ3v) is 6.97. The summed E-state index contributed by atoms with van der Waals surface area (Å²) in [5.41, 5.74) is -0.108. The molecular formula is C17H36O5Si. The molecule has 138 valence electrons. The highest BCUT2D eigenvalue weighted by Gasteiger charge is 2.52. The minimum Gasteiger partial charge on any atom is -0.372 e. The maximum Gasteiger partial charge on any atom is 0.531 e. The molecule has 0 aromatic carbocycles. The first-order chi connectivity index (χ1) is 11.1. The predicted octanol–water partition coefficient (Wildman–Crippen LogP) is 3.72. The van der Waals surface area contributed by atoms with E-state index in [1.807, 2.05) is 0 Å². The molecule has 6 heteroatoms. The zero-order valence-corrected chi connectivity index (χ0v) is 16.6. The van der Waals surface area contributed by atoms with E-state index in [1.165, 1.54) is 0 Å². The van der Waals surface area contributed by atoms with E-state index in [0.29, 0.717) is 19.8 Å². The van der Waals surface area contributed by atoms with Gasteiger partial charge in [-0.05, 0) is 32.6 Å². The summed E-state index contributed by atoms with van der Waals surface area (Å²) in [6.07, 6.45) is 5.07. The highest BCUT2D eigenvalue weighted by Crippen LogP contribution is 2.26. The van der Waals surface area contributed by atoms with Gasteiger partial charge in [-0.15, -0.1) is 0 Å². The van der Waals surface area contributed by atoms with E-state index < -0.39 is 8.80 Å². The molecule has 1 aliphatic rings. The monoisotopic (exact) mass is 348 g/mol. The van der Waals surface area contributed by atoms with Crippen LogP contribution < -0.4 is 0 Å². The van der Waals surface area contributed by atoms with Gasteiger partial charge >= 0.3 is 8.80 Å². The zero-order valence-electron chi connectivity index (χ0n) is 15.6. The van der Waals surface area contributed by atoms with E-state index in [0.717, 1.165) is 38.7 Å². The van der Waals surface area contributed by atoms with Crippen molar-refractivity contribution in [2.24, 2.45) is 0 Å². The molecule has 3 atom stereocenters. The second-order valence-corrected chi connectivity index (χ2v) is 8.87. The Bertz CT molecular complexity index is 291. The second-order valence-electron chi connectivity index (χ2n) is 6.20. The third kappa shape index (κ3) is 7.62. The standard InChI is InChI=1S/C17H36O5Si/c1-6-10-17(19-14-16-13-18-16)23(20-11-7-2,21-12-8-3)22-15(5)9-4/h15-17H,6-14H2,1-5H3. The lowest BCUT2D eigenvalue weighted by atomic mass is 10.3. The molecule has 0 aromatic heterocycles. The Morgan fingerprint density at radius 3 is 2.09 bits per heavy atom. The van der Waals surface area contributed by atoms with E-state index in [-0.39, 0.29) is 17.9 Å². The van der Waals surface area contributed by atoms with E-state index >= 15 is 0 Å². The van der Waals surface area contributed by atoms with Crippen molar-refractivity contribution < 1.29 is 22.8 Å². The molecule has 1 aliphatic heterocycles. The second kappa shape index (κ2) is 11.6. The van der Waals surface area contributed by atoms with Crippen LogP contribution in [-0.4, -0.2) is 53.2 Å². The normalized spacial score (nSPS) is 20.5. The molecule has 23 heavy (non-hydrogen) atoms. The van der Waals surface area contributed by atoms with Gasteiger partial charge in [0.15, 0.2) is 0 Å². The van der Waals surface area contributed by atoms with E-state index in [9.17, 15) is 0 Å². The summed E-state index contributed by atoms with van der Waals surface area (Å²) >= 11 is 0. The Balaban J connectivity index is 2.88. The van der Waals surface area contributed by atoms with Crippen LogP contribution in [0.2, 0.25) is 0 Å². The van der Waals surface area contributed by atoms with Gasteiger partial charge in [0.1, 0.15) is 11.8 Å². The van der Waals surface area contributed by atoms with Crippen LogP contribution >= 0.6 is 0 Å². The quantitative estimate of drug-likeness (QED) is 0.333. The van der Waals surface area contributed by atoms with Gasteiger partial charge in [-0.3, -0.25) is 0 Å². The maximum atomic E-state index is 6.39. The lowest BCUT2D eigenvalue weighted by molar-refractivity contribution is -0.0361. The first-order valence-corrected chi connectivity index (χ1v) is 11.1. The van der Waals surface area contributed by atoms with Gasteiger partial charge in [0, 0.05) is 19.3 Å². The molecule has 0 amide bonds. The lowest BCUT2D eigenvalue weighted by Crippen LogP contribution is -2.59. The number of hydrogen-bond acceptors (Lipinski definition) is 5. The Morgan fingerprint density at radius 2 is 1.65 bits per heavy atom. The molecule has 0 radical (unpaired) electrons. The summed E-state index contributed by atoms with van der Waals surface area (Å²) in [4.78, 5) is 0. The molecule has 3 unspecified atom stereocenters. The molecule has 0 N–H and O–H groups in total. The van der Waals surface area contributed by atoms with Crippen LogP contribution in [0.3, 0.4) is 0 Å². The van der Waals surface area contributed by atoms with Crippen LogP contribution in [0.4, 0.5) is 0 Å². The van der Waals surface area contributed by atoms with Crippen molar-refractivity contribution in [3.63, 3.8) is 0 Å². The maximum absolute atomic E-state index is 6.39. The van der Waals surface area contributed by atoms with Crippen LogP contribution in [0.25, 0.3) is 0 Å². The van der Waals surface area contributed by atoms with Crippen LogP contribution in [0, 0.1) is 0 Å². The smallest absolute Gasteiger partial charge is 0.372 e. The first-order valence-electron chi connectivity index (χ1n) is 9.30. The number of hydrogen-bond donors (Lipinski definition) is 0. The average molecular weight is 349 g/mol. The van der Waals surface area contributed by atoms with Gasteiger partial charge in [-0.2, -0.15) is 0 Å². The molecule has 0 bridgehead atoms. The fourth-order valence-corrected chi connectivity index (χ4v) is 5.63. The average Bonchev–Trinajstić information content (AvgIpc) is 3.38. The summed E-state index contributed by atoms with van der Waals surface area (Å²) < 4.78 is 30.3. The van der Waals surface area contributed by atoms with Gasteiger partial charge in [0.05, 0.1) is 13.2 Å². The fourth-order valence-electron chi connectivity index (χ4n) is 2.24. The molecule has 0 saturated carbocycles. The number of epoxide rings is 1. The van der Waals surface area contributed by atoms with E-state index in [4.69, 9.17) is 22.8 Å². The van der Waals surface area contributed by atoms with Crippen LogP contribution in [-0.2, 0) is 22.8 Å². The van der Waals surface area contributed by atoms with E-state index in [2.05, 4.69) is 34.6 Å². The molecule has 5 nitrogen and oxygen atoms in total. The van der Waals surface area contributed by atoms with E-state index in [1.54, 1.807) is 0 Å². The van der Waals surface area contributed by atoms with Crippen molar-refractivity contribution in [3.05, 3.63) is 0 Å². The van der Waals surface area contributed by atoms with Crippen molar-refractivity contribution in [2.75, 3.05) is 26.4 Å². The topological polar surface area (TPSA) is 49.5 Å². The Hall–Kier alpha value is 0.0169. The largest absolute Gasteiger partial charge is 0.531 e. The van der Waals surface area contributed by atoms with Crippen molar-refractivity contribution in [2.45, 2.75) is 84.7 Å². The van der Waals surface area contributed by atoms with Gasteiger partial charge in [0.2, 0.25) is 0 Å². The number of ether oxygens (including phenoxy) is 2. The molecular weight excluding hydrogens is 312 g/mol. The number of rotatable bonds is 15. The van der Waals surface area contributed by atoms with Gasteiger partial charge in [-0.25, -0.2) is 0 Å². The van der Waals surface area contributed by atoms with Gasteiger partial charge in [0.25, 0.3) is 0 Å². The highest BCUT2D eigenvalue weighted by molar-refractivity contribution is 6.62. The highest BCUT2D eigenvalue weighted by atomic mass is 28.4. The SMILES string of the molecule is CCCO[Si](OCCC)(OC(C)CC)C(CCC)OCC1CO1. The molecule has 1 rings (SSSR count). The summed E-state index contributed by atoms with van der Waals surface area (Å²) in [5, 5.41) is 0. The molecule has 0 spiro atoms. The van der Waals surface area contributed by atoms with Crippen molar-refractivity contribution >= 4 is 8.80 Å². The predicted molar refractivity (Wildman–Crippen MR) is 93.5 cm³/mol. The Morgan fingerprint density at radius 1 is 1.04 bits per heavy atom. The van der Waals surface area contributed by atoms with Gasteiger partial charge in [-0.1, -0.05) is 34.1 Å². The Labute approximate surface area is 143 Å². The summed E-state index contributed by atoms with van der Waals surface area (Å²) in [6, 6.07) is 0. The summed E-state index contributed by atoms with van der Waals surface area (Å²) in [7, 11) is -2.89. The van der Waals surface area contributed by atoms with Crippen LogP contribution in [0.1, 0.15) is 66.7 Å². The summed E-state index contributed by atoms with van der Waals surface area (Å²) in [6.45, 7) is 13.3. The van der Waals surface area contributed by atoms with Crippen LogP contribution in [0.5, 0.6) is 0 Å². The minimum atomic E-state index is -2.89. The third-order valence-electron chi connectivity index (χ3n) is 3.79. The lowest BCUT2D eigenvalue weighted by Gasteiger charge is -2.37. The molecule has 1 heterocycles. The fraction of sp³-hybridized carbons (Fsp3) is 1.00. The minimum absolute atomic E-state index is 0.107. The summed E-state index contributed by atoms with van der Waals surface area (Å²) in [5.74, 6) is 0. The molecule has 1 saturated heterocycles. The van der Waals surface area contributed by atoms with Crippen molar-refractivity contribution in [1.29, 1.82) is 0 Å². The first kappa shape index (κ1) is 21.1. The van der Waals surface area contributed by atoms with Crippen LogP contribution in [0.15, 0.2) is 0 Å². The Kier molecular flexibility index (Phi) is 10.6. The van der Waals surface area contributed by atoms with Crippen molar-refractivity contribution in [1.82, 2.24) is 0 Å². The zero-order chi connectivity index (χ0) is 17.1. The molecule has 0 aliphatic carbocycles. The van der Waals surface area contributed by atoms with Gasteiger partial charge < -0.3 is 22.8 Å². The molecule has 0 aromatic rings. The molecule has 1 fully saturated rings.